The highest BCUT2D eigenvalue weighted by molar-refractivity contribution is 6.31. The van der Waals surface area contributed by atoms with E-state index < -0.39 is 0 Å². The first-order chi connectivity index (χ1) is 13.8. The molecule has 8 heteroatoms. The molecule has 2 N–H and O–H groups in total. The standard InChI is InChI=1S/C21H30ClN3O4/c1-4-25(13-19(26)23-18-11-17(22)9-8-15(18)3)20(27)14-24-10-6-7-16(12-24)21(28)29-5-2/h8-9,11,16H,4-7,10,12-14H2,1-3H3,(H,23,26)/p+1/t16-/m1/s1. The van der Waals surface area contributed by atoms with Gasteiger partial charge in [-0.05, 0) is 51.3 Å². The smallest absolute Gasteiger partial charge is 0.314 e. The molecule has 7 nitrogen and oxygen atoms in total. The molecule has 1 aliphatic heterocycles. The van der Waals surface area contributed by atoms with Gasteiger partial charge in [0.1, 0.15) is 12.5 Å². The van der Waals surface area contributed by atoms with Crippen LogP contribution in [0, 0.1) is 12.8 Å². The van der Waals surface area contributed by atoms with Crippen molar-refractivity contribution in [3.05, 3.63) is 28.8 Å². The number of amides is 2. The van der Waals surface area contributed by atoms with Crippen molar-refractivity contribution < 1.29 is 24.0 Å². The number of carbonyl (C=O) groups excluding carboxylic acids is 3. The maximum atomic E-state index is 12.7. The number of benzene rings is 1. The van der Waals surface area contributed by atoms with Crippen LogP contribution in [0.4, 0.5) is 5.69 Å². The second-order valence-electron chi connectivity index (χ2n) is 7.39. The molecule has 0 aromatic heterocycles. The molecule has 160 valence electrons. The summed E-state index contributed by atoms with van der Waals surface area (Å²) in [5.41, 5.74) is 1.55. The summed E-state index contributed by atoms with van der Waals surface area (Å²) < 4.78 is 5.12. The van der Waals surface area contributed by atoms with Gasteiger partial charge in [0.15, 0.2) is 6.54 Å². The molecule has 2 atom stereocenters. The number of likely N-dealkylation sites (N-methyl/N-ethyl adjacent to an activating group) is 1. The highest BCUT2D eigenvalue weighted by atomic mass is 35.5. The zero-order valence-corrected chi connectivity index (χ0v) is 18.2. The fourth-order valence-electron chi connectivity index (χ4n) is 3.57. The number of quaternary nitrogens is 1. The van der Waals surface area contributed by atoms with Gasteiger partial charge in [-0.2, -0.15) is 0 Å². The summed E-state index contributed by atoms with van der Waals surface area (Å²) in [6.07, 6.45) is 1.68. The summed E-state index contributed by atoms with van der Waals surface area (Å²) in [6.45, 7) is 8.02. The zero-order chi connectivity index (χ0) is 21.4. The molecule has 0 saturated carbocycles. The lowest BCUT2D eigenvalue weighted by Crippen LogP contribution is -3.14. The van der Waals surface area contributed by atoms with Crippen LogP contribution in [-0.2, 0) is 19.1 Å². The highest BCUT2D eigenvalue weighted by Gasteiger charge is 2.31. The lowest BCUT2D eigenvalue weighted by Gasteiger charge is -2.30. The van der Waals surface area contributed by atoms with Crippen molar-refractivity contribution in [2.75, 3.05) is 44.6 Å². The van der Waals surface area contributed by atoms with Crippen LogP contribution < -0.4 is 10.2 Å². The van der Waals surface area contributed by atoms with E-state index >= 15 is 0 Å². The summed E-state index contributed by atoms with van der Waals surface area (Å²) in [4.78, 5) is 39.8. The predicted molar refractivity (Wildman–Crippen MR) is 112 cm³/mol. The summed E-state index contributed by atoms with van der Waals surface area (Å²) in [5.74, 6) is -0.690. The molecule has 1 fully saturated rings. The topological polar surface area (TPSA) is 80.2 Å². The third-order valence-electron chi connectivity index (χ3n) is 5.18. The largest absolute Gasteiger partial charge is 0.466 e. The van der Waals surface area contributed by atoms with Gasteiger partial charge in [-0.15, -0.1) is 0 Å². The van der Waals surface area contributed by atoms with Crippen LogP contribution in [0.15, 0.2) is 18.2 Å². The van der Waals surface area contributed by atoms with E-state index in [1.54, 1.807) is 19.1 Å². The highest BCUT2D eigenvalue weighted by Crippen LogP contribution is 2.20. The normalized spacial score (nSPS) is 18.8. The van der Waals surface area contributed by atoms with E-state index in [4.69, 9.17) is 16.3 Å². The zero-order valence-electron chi connectivity index (χ0n) is 17.4. The fraction of sp³-hybridized carbons (Fsp3) is 0.571. The van der Waals surface area contributed by atoms with Crippen LogP contribution in [0.25, 0.3) is 0 Å². The Morgan fingerprint density at radius 3 is 2.76 bits per heavy atom. The van der Waals surface area contributed by atoms with Crippen LogP contribution in [0.1, 0.15) is 32.3 Å². The van der Waals surface area contributed by atoms with E-state index in [0.29, 0.717) is 30.4 Å². The molecule has 1 heterocycles. The van der Waals surface area contributed by atoms with Gasteiger partial charge in [0, 0.05) is 17.3 Å². The van der Waals surface area contributed by atoms with E-state index in [1.165, 1.54) is 4.90 Å². The molecular formula is C21H31ClN3O4+. The maximum Gasteiger partial charge on any atom is 0.314 e. The Morgan fingerprint density at radius 1 is 1.31 bits per heavy atom. The van der Waals surface area contributed by atoms with Gasteiger partial charge in [0.25, 0.3) is 5.91 Å². The van der Waals surface area contributed by atoms with Gasteiger partial charge >= 0.3 is 5.97 Å². The number of halogens is 1. The summed E-state index contributed by atoms with van der Waals surface area (Å²) >= 11 is 5.99. The van der Waals surface area contributed by atoms with Gasteiger partial charge in [-0.25, -0.2) is 0 Å². The van der Waals surface area contributed by atoms with Crippen LogP contribution >= 0.6 is 11.6 Å². The molecule has 1 aliphatic rings. The van der Waals surface area contributed by atoms with Gasteiger partial charge in [0.2, 0.25) is 5.91 Å². The fourth-order valence-corrected chi connectivity index (χ4v) is 3.74. The Balaban J connectivity index is 1.90. The number of anilines is 1. The number of hydrogen-bond acceptors (Lipinski definition) is 4. The first-order valence-corrected chi connectivity index (χ1v) is 10.6. The SMILES string of the molecule is CCOC(=O)[C@@H]1CCC[NH+](CC(=O)N(CC)CC(=O)Nc2cc(Cl)ccc2C)C1. The van der Waals surface area contributed by atoms with E-state index in [9.17, 15) is 14.4 Å². The van der Waals surface area contributed by atoms with Crippen LogP contribution in [0.5, 0.6) is 0 Å². The monoisotopic (exact) mass is 424 g/mol. The van der Waals surface area contributed by atoms with Crippen molar-refractivity contribution in [1.82, 2.24) is 4.90 Å². The lowest BCUT2D eigenvalue weighted by molar-refractivity contribution is -0.899. The van der Waals surface area contributed by atoms with E-state index in [0.717, 1.165) is 29.8 Å². The van der Waals surface area contributed by atoms with Crippen molar-refractivity contribution in [3.8, 4) is 0 Å². The molecule has 29 heavy (non-hydrogen) atoms. The van der Waals surface area contributed by atoms with Gasteiger partial charge in [0.05, 0.1) is 19.7 Å². The molecule has 2 amide bonds. The van der Waals surface area contributed by atoms with E-state index in [1.807, 2.05) is 19.9 Å². The minimum atomic E-state index is -0.261. The Kier molecular flexibility index (Phi) is 8.92. The number of carbonyl (C=O) groups is 3. The number of ether oxygens (including phenoxy) is 1. The molecule has 1 saturated heterocycles. The Labute approximate surface area is 177 Å². The van der Waals surface area contributed by atoms with Crippen molar-refractivity contribution in [3.63, 3.8) is 0 Å². The number of likely N-dealkylation sites (tertiary alicyclic amines) is 1. The molecule has 2 rings (SSSR count). The number of hydrogen-bond donors (Lipinski definition) is 2. The third kappa shape index (κ3) is 7.01. The van der Waals surface area contributed by atoms with Crippen LogP contribution in [-0.4, -0.2) is 62.0 Å². The molecule has 1 aromatic carbocycles. The summed E-state index contributed by atoms with van der Waals surface area (Å²) in [6, 6.07) is 5.29. The first-order valence-electron chi connectivity index (χ1n) is 10.2. The number of esters is 1. The van der Waals surface area contributed by atoms with E-state index in [2.05, 4.69) is 5.32 Å². The average molecular weight is 425 g/mol. The maximum absolute atomic E-state index is 12.7. The molecular weight excluding hydrogens is 394 g/mol. The average Bonchev–Trinajstić information content (AvgIpc) is 2.69. The minimum absolute atomic E-state index is 0.0180. The third-order valence-corrected chi connectivity index (χ3v) is 5.42. The van der Waals surface area contributed by atoms with Crippen LogP contribution in [0.3, 0.4) is 0 Å². The summed E-state index contributed by atoms with van der Waals surface area (Å²) in [5, 5.41) is 3.37. The number of nitrogens with zero attached hydrogens (tertiary/aromatic N) is 1. The quantitative estimate of drug-likeness (QED) is 0.616. The molecule has 0 aliphatic carbocycles. The van der Waals surface area contributed by atoms with Crippen molar-refractivity contribution in [2.45, 2.75) is 33.6 Å². The van der Waals surface area contributed by atoms with Gasteiger partial charge in [-0.1, -0.05) is 17.7 Å². The number of rotatable bonds is 8. The molecule has 0 radical (unpaired) electrons. The summed E-state index contributed by atoms with van der Waals surface area (Å²) in [7, 11) is 0. The van der Waals surface area contributed by atoms with Gasteiger partial charge < -0.3 is 19.9 Å². The minimum Gasteiger partial charge on any atom is -0.466 e. The molecule has 1 aromatic rings. The number of aryl methyl sites for hydroxylation is 1. The Morgan fingerprint density at radius 2 is 2.07 bits per heavy atom. The van der Waals surface area contributed by atoms with E-state index in [-0.39, 0.29) is 36.8 Å². The predicted octanol–water partition coefficient (Wildman–Crippen LogP) is 1.29. The Hall–Kier alpha value is -2.12. The number of piperidine rings is 1. The van der Waals surface area contributed by atoms with Crippen LogP contribution in [0.2, 0.25) is 5.02 Å². The second kappa shape index (κ2) is 11.2. The van der Waals surface area contributed by atoms with Gasteiger partial charge in [-0.3, -0.25) is 14.4 Å². The van der Waals surface area contributed by atoms with Crippen molar-refractivity contribution in [1.29, 1.82) is 0 Å². The van der Waals surface area contributed by atoms with Crippen molar-refractivity contribution >= 4 is 35.1 Å². The second-order valence-corrected chi connectivity index (χ2v) is 7.82. The lowest BCUT2D eigenvalue weighted by atomic mass is 9.98. The number of nitrogens with one attached hydrogen (secondary N) is 2. The molecule has 1 unspecified atom stereocenters. The Bertz CT molecular complexity index is 741. The molecule has 0 spiro atoms. The first kappa shape index (κ1) is 23.2. The van der Waals surface area contributed by atoms with Crippen molar-refractivity contribution in [2.24, 2.45) is 5.92 Å². The molecule has 0 bridgehead atoms.